The number of hydrogen-bond donors (Lipinski definition) is 8. The first-order valence-corrected chi connectivity index (χ1v) is 23.6. The number of aliphatic hydroxyl groups excluding tert-OH is 1. The maximum absolute atomic E-state index is 12.5. The number of nitrogen functional groups attached to an aromatic ring is 1. The molecule has 4 fully saturated rings. The molecule has 0 radical (unpaired) electrons. The smallest absolute Gasteiger partial charge is 0.473 e. The van der Waals surface area contributed by atoms with Gasteiger partial charge in [-0.2, -0.15) is 25.1 Å². The number of benzene rings is 1. The Morgan fingerprint density at radius 3 is 2.04 bits per heavy atom. The average molecular weight is 985 g/mol. The van der Waals surface area contributed by atoms with E-state index >= 15 is 0 Å². The van der Waals surface area contributed by atoms with Crippen LogP contribution in [0.1, 0.15) is 48.8 Å². The van der Waals surface area contributed by atoms with Crippen LogP contribution in [0, 0.1) is 0 Å². The summed E-state index contributed by atoms with van der Waals surface area (Å²) in [6.45, 7) is 2.13. The topological polar surface area (TPSA) is 407 Å². The summed E-state index contributed by atoms with van der Waals surface area (Å²) >= 11 is 0. The molecule has 4 aliphatic heterocycles. The van der Waals surface area contributed by atoms with Gasteiger partial charge in [-0.1, -0.05) is 17.3 Å². The Kier molecular flexibility index (Phi) is 11.9. The number of aromatic nitrogens is 16. The summed E-state index contributed by atoms with van der Waals surface area (Å²) in [5, 5.41) is 44.4. The lowest BCUT2D eigenvalue weighted by Crippen LogP contribution is -2.28. The van der Waals surface area contributed by atoms with Crippen LogP contribution in [0.25, 0.3) is 22.3 Å². The van der Waals surface area contributed by atoms with Gasteiger partial charge in [0.1, 0.15) is 35.7 Å². The third-order valence-corrected chi connectivity index (χ3v) is 13.2. The van der Waals surface area contributed by atoms with E-state index < -0.39 is 70.8 Å². The number of hydrogen-bond acceptors (Lipinski definition) is 26. The summed E-state index contributed by atoms with van der Waals surface area (Å²) in [6.07, 6.45) is -4.03. The van der Waals surface area contributed by atoms with Gasteiger partial charge in [0.2, 0.25) is 17.7 Å². The van der Waals surface area contributed by atoms with E-state index in [4.69, 9.17) is 38.0 Å². The normalized spacial score (nSPS) is 28.9. The zero-order valence-electron chi connectivity index (χ0n) is 36.0. The van der Waals surface area contributed by atoms with Gasteiger partial charge in [0.25, 0.3) is 0 Å². The number of H-pyrrole nitrogens is 1. The van der Waals surface area contributed by atoms with E-state index in [0.29, 0.717) is 46.9 Å². The molecule has 68 heavy (non-hydrogen) atoms. The SMILES string of the molecule is CCn1nnnc1[C@H]1O[C@@H](n2cnc3c(NC(CO)Cc4ccc(OC)cc4)nc(NC)nc32)[C@@H]2OP(=O)(O)O[C@@H]21.CNc1nc(N)c2ncn([C@@H]3O[C@H](c4nn[nH]n4)[C@H]4OP(=O)(O)O[C@H]43)c2n1. The minimum atomic E-state index is -4.35. The molecule has 0 spiro atoms. The van der Waals surface area contributed by atoms with Gasteiger partial charge in [-0.3, -0.25) is 27.2 Å². The van der Waals surface area contributed by atoms with Crippen molar-refractivity contribution in [3.05, 3.63) is 54.1 Å². The molecule has 32 nitrogen and oxygen atoms in total. The molecule has 7 aromatic rings. The van der Waals surface area contributed by atoms with Gasteiger partial charge >= 0.3 is 15.6 Å². The molecule has 34 heteroatoms. The van der Waals surface area contributed by atoms with Crippen molar-refractivity contribution in [2.45, 2.75) is 75.0 Å². The first kappa shape index (κ1) is 45.3. The maximum Gasteiger partial charge on any atom is 0.473 e. The van der Waals surface area contributed by atoms with Gasteiger partial charge < -0.3 is 50.8 Å². The predicted octanol–water partition coefficient (Wildman–Crippen LogP) is 0.171. The van der Waals surface area contributed by atoms with E-state index in [9.17, 15) is 24.0 Å². The molecule has 4 saturated heterocycles. The minimum absolute atomic E-state index is 0.160. The highest BCUT2D eigenvalue weighted by molar-refractivity contribution is 7.48. The minimum Gasteiger partial charge on any atom is -0.497 e. The van der Waals surface area contributed by atoms with Crippen LogP contribution in [0.15, 0.2) is 36.9 Å². The molecule has 0 bridgehead atoms. The van der Waals surface area contributed by atoms with Crippen molar-refractivity contribution in [3.63, 3.8) is 0 Å². The molecule has 11 atom stereocenters. The number of aromatic amines is 1. The molecule has 0 amide bonds. The summed E-state index contributed by atoms with van der Waals surface area (Å²) in [5.74, 6) is 2.34. The monoisotopic (exact) mass is 984 g/mol. The van der Waals surface area contributed by atoms with E-state index in [2.05, 4.69) is 82.0 Å². The Hall–Kier alpha value is -6.44. The number of imidazole rings is 2. The summed E-state index contributed by atoms with van der Waals surface area (Å²) in [7, 11) is -3.69. The summed E-state index contributed by atoms with van der Waals surface area (Å²) in [6, 6.07) is 7.17. The van der Waals surface area contributed by atoms with Crippen LogP contribution in [-0.4, -0.2) is 153 Å². The Morgan fingerprint density at radius 1 is 0.838 bits per heavy atom. The molecule has 360 valence electrons. The number of tetrazole rings is 2. The Labute approximate surface area is 381 Å². The molecule has 6 aromatic heterocycles. The lowest BCUT2D eigenvalue weighted by atomic mass is 10.1. The largest absolute Gasteiger partial charge is 0.497 e. The number of nitrogens with one attached hydrogen (secondary N) is 4. The van der Waals surface area contributed by atoms with E-state index in [1.807, 2.05) is 31.2 Å². The second-order valence-electron chi connectivity index (χ2n) is 15.3. The lowest BCUT2D eigenvalue weighted by molar-refractivity contribution is -0.0470. The highest BCUT2D eigenvalue weighted by atomic mass is 31.2. The zero-order valence-corrected chi connectivity index (χ0v) is 37.8. The van der Waals surface area contributed by atoms with Crippen molar-refractivity contribution in [2.24, 2.45) is 0 Å². The lowest BCUT2D eigenvalue weighted by Gasteiger charge is -2.20. The zero-order chi connectivity index (χ0) is 47.5. The first-order chi connectivity index (χ1) is 32.8. The van der Waals surface area contributed by atoms with Crippen LogP contribution in [0.3, 0.4) is 0 Å². The quantitative estimate of drug-likeness (QED) is 0.0714. The second-order valence-corrected chi connectivity index (χ2v) is 18.0. The number of ether oxygens (including phenoxy) is 3. The molecule has 4 aliphatic rings. The van der Waals surface area contributed by atoms with Crippen LogP contribution in [0.2, 0.25) is 0 Å². The van der Waals surface area contributed by atoms with Gasteiger partial charge in [-0.05, 0) is 41.5 Å². The van der Waals surface area contributed by atoms with Crippen LogP contribution in [-0.2, 0) is 49.7 Å². The molecule has 0 saturated carbocycles. The predicted molar refractivity (Wildman–Crippen MR) is 228 cm³/mol. The molecule has 1 aromatic carbocycles. The van der Waals surface area contributed by atoms with E-state index in [1.54, 1.807) is 25.8 Å². The number of aryl methyl sites for hydroxylation is 1. The molecule has 3 unspecified atom stereocenters. The Morgan fingerprint density at radius 2 is 1.44 bits per heavy atom. The molecule has 9 N–H and O–H groups in total. The maximum atomic E-state index is 12.5. The van der Waals surface area contributed by atoms with Gasteiger partial charge in [-0.25, -0.2) is 23.8 Å². The number of phosphoric ester groups is 2. The first-order valence-electron chi connectivity index (χ1n) is 20.6. The number of nitrogens with zero attached hydrogens (tertiary/aromatic N) is 15. The van der Waals surface area contributed by atoms with Gasteiger partial charge in [0.15, 0.2) is 58.9 Å². The Balaban J connectivity index is 0.000000172. The Bertz CT molecular complexity index is 3030. The van der Waals surface area contributed by atoms with Crippen molar-refractivity contribution < 1.29 is 56.3 Å². The van der Waals surface area contributed by atoms with E-state index in [-0.39, 0.29) is 30.1 Å². The van der Waals surface area contributed by atoms with Crippen molar-refractivity contribution >= 4 is 61.5 Å². The molecule has 0 aliphatic carbocycles. The van der Waals surface area contributed by atoms with Gasteiger partial charge in [0.05, 0.1) is 32.4 Å². The molecule has 10 heterocycles. The van der Waals surface area contributed by atoms with Crippen LogP contribution >= 0.6 is 15.6 Å². The number of aliphatic hydroxyl groups is 1. The number of phosphoric acid groups is 2. The number of fused-ring (bicyclic) bond motifs is 4. The van der Waals surface area contributed by atoms with Crippen molar-refractivity contribution in [1.29, 1.82) is 0 Å². The highest BCUT2D eigenvalue weighted by Crippen LogP contribution is 2.62. The number of nitrogens with two attached hydrogens (primary N) is 1. The fourth-order valence-corrected chi connectivity index (χ4v) is 10.4. The van der Waals surface area contributed by atoms with Crippen LogP contribution in [0.5, 0.6) is 5.75 Å². The fraction of sp³-hybridized carbons (Fsp3) is 0.471. The standard InChI is InChI=1S/C23H29N10O7P.C11H13N10O5P/c1-4-33-21(29-30-31-33)17-16-18(40-41(35,36)39-16)22(38-17)32-11-25-15-19(27-23(24-2)28-20(15)32)26-13(10-34)9-12-5-7-14(37-3)8-6-12;1-13-11-15-7(12)3-9(16-11)21(2-14-3)10-6-4(25-27(22,23)26-6)5(24-10)8-17-19-20-18-8/h5-8,11,13,16-18,22,34H,4,9-10H2,1-3H3,(H,35,36)(H2,24,26,27,28);2,4-6,10H,1H3,(H,22,23)(H3,12,13,15,16)(H,17,18,19,20)/t13?,16-,17+,18-,22-;4-,5+,6-,10-/m11/s1. The average Bonchev–Trinajstić information content (AvgIpc) is 4.20. The third-order valence-electron chi connectivity index (χ3n) is 11.2. The highest BCUT2D eigenvalue weighted by Gasteiger charge is 2.61. The van der Waals surface area contributed by atoms with Gasteiger partial charge in [0, 0.05) is 20.6 Å². The third kappa shape index (κ3) is 8.33. The second kappa shape index (κ2) is 17.9. The summed E-state index contributed by atoms with van der Waals surface area (Å²) in [5.41, 5.74) is 8.36. The number of anilines is 4. The fourth-order valence-electron chi connectivity index (χ4n) is 8.15. The summed E-state index contributed by atoms with van der Waals surface area (Å²) in [4.78, 5) is 46.2. The molecular weight excluding hydrogens is 942 g/mol. The number of rotatable bonds is 13. The number of methoxy groups -OCH3 is 1. The van der Waals surface area contributed by atoms with Crippen molar-refractivity contribution in [1.82, 2.24) is 79.9 Å². The van der Waals surface area contributed by atoms with Crippen LogP contribution < -0.4 is 26.4 Å². The molecule has 11 rings (SSSR count). The van der Waals surface area contributed by atoms with E-state index in [1.165, 1.54) is 21.9 Å². The van der Waals surface area contributed by atoms with Crippen molar-refractivity contribution in [2.75, 3.05) is 49.5 Å². The van der Waals surface area contributed by atoms with Gasteiger partial charge in [-0.15, -0.1) is 15.3 Å². The van der Waals surface area contributed by atoms with Crippen LogP contribution in [0.4, 0.5) is 23.5 Å². The summed E-state index contributed by atoms with van der Waals surface area (Å²) < 4.78 is 67.8. The van der Waals surface area contributed by atoms with Crippen molar-refractivity contribution in [3.8, 4) is 5.75 Å². The molecular formula is C34H42N20O12P2. The van der Waals surface area contributed by atoms with E-state index in [0.717, 1.165) is 11.3 Å².